The Bertz CT molecular complexity index is 75.6. The van der Waals surface area contributed by atoms with Crippen molar-refractivity contribution in [2.45, 2.75) is 58.7 Å². The van der Waals surface area contributed by atoms with Crippen molar-refractivity contribution in [1.82, 2.24) is 5.32 Å². The molecular formula is C9H22N2. The molecule has 0 heterocycles. The molecule has 3 N–H and O–H groups in total. The highest BCUT2D eigenvalue weighted by molar-refractivity contribution is 4.67. The standard InChI is InChI=1S/C9H22N2/c1-4-6-9(7-5-2)11-8(3)10/h8-9,11H,4-7,10H2,1-3H3. The Kier molecular flexibility index (Phi) is 6.57. The van der Waals surface area contributed by atoms with Crippen molar-refractivity contribution in [3.63, 3.8) is 0 Å². The van der Waals surface area contributed by atoms with Crippen molar-refractivity contribution < 1.29 is 0 Å². The first-order valence-corrected chi connectivity index (χ1v) is 4.72. The normalized spacial score (nSPS) is 13.9. The van der Waals surface area contributed by atoms with Gasteiger partial charge >= 0.3 is 0 Å². The molecule has 0 aromatic carbocycles. The van der Waals surface area contributed by atoms with Crippen LogP contribution in [-0.2, 0) is 0 Å². The minimum absolute atomic E-state index is 0.137. The van der Waals surface area contributed by atoms with Crippen LogP contribution in [0.1, 0.15) is 46.5 Å². The molecule has 2 nitrogen and oxygen atoms in total. The maximum Gasteiger partial charge on any atom is 0.0519 e. The molecule has 0 amide bonds. The first-order chi connectivity index (χ1) is 5.20. The molecule has 0 bridgehead atoms. The van der Waals surface area contributed by atoms with Crippen molar-refractivity contribution in [3.8, 4) is 0 Å². The maximum absolute atomic E-state index is 5.64. The van der Waals surface area contributed by atoms with Crippen molar-refractivity contribution in [1.29, 1.82) is 0 Å². The van der Waals surface area contributed by atoms with E-state index in [1.54, 1.807) is 0 Å². The molecule has 1 unspecified atom stereocenters. The summed E-state index contributed by atoms with van der Waals surface area (Å²) >= 11 is 0. The second-order valence-electron chi connectivity index (χ2n) is 3.23. The van der Waals surface area contributed by atoms with Crippen LogP contribution in [0.4, 0.5) is 0 Å². The molecule has 0 saturated heterocycles. The van der Waals surface area contributed by atoms with Gasteiger partial charge in [-0.25, -0.2) is 0 Å². The minimum atomic E-state index is 0.137. The number of hydrogen-bond donors (Lipinski definition) is 2. The van der Waals surface area contributed by atoms with E-state index in [9.17, 15) is 0 Å². The second-order valence-corrected chi connectivity index (χ2v) is 3.23. The number of hydrogen-bond acceptors (Lipinski definition) is 2. The molecule has 1 atom stereocenters. The second kappa shape index (κ2) is 6.62. The Morgan fingerprint density at radius 1 is 1.18 bits per heavy atom. The summed E-state index contributed by atoms with van der Waals surface area (Å²) in [4.78, 5) is 0. The van der Waals surface area contributed by atoms with Gasteiger partial charge in [0.25, 0.3) is 0 Å². The maximum atomic E-state index is 5.64. The summed E-state index contributed by atoms with van der Waals surface area (Å²) in [6, 6.07) is 0.630. The third kappa shape index (κ3) is 6.32. The average Bonchev–Trinajstić information content (AvgIpc) is 1.87. The van der Waals surface area contributed by atoms with Gasteiger partial charge in [0, 0.05) is 6.04 Å². The molecule has 0 aromatic rings. The zero-order chi connectivity index (χ0) is 8.69. The van der Waals surface area contributed by atoms with Crippen LogP contribution in [0, 0.1) is 0 Å². The van der Waals surface area contributed by atoms with E-state index >= 15 is 0 Å². The Morgan fingerprint density at radius 2 is 1.64 bits per heavy atom. The van der Waals surface area contributed by atoms with E-state index in [-0.39, 0.29) is 6.17 Å². The molecule has 0 aromatic heterocycles. The van der Waals surface area contributed by atoms with E-state index < -0.39 is 0 Å². The fourth-order valence-electron chi connectivity index (χ4n) is 1.38. The zero-order valence-corrected chi connectivity index (χ0v) is 8.06. The predicted octanol–water partition coefficient (Wildman–Crippen LogP) is 1.85. The molecule has 0 aliphatic rings. The van der Waals surface area contributed by atoms with E-state index in [0.29, 0.717) is 6.04 Å². The Labute approximate surface area is 70.5 Å². The monoisotopic (exact) mass is 158 g/mol. The SMILES string of the molecule is CCCC(CCC)NC(C)N. The average molecular weight is 158 g/mol. The lowest BCUT2D eigenvalue weighted by Crippen LogP contribution is -2.41. The summed E-state index contributed by atoms with van der Waals surface area (Å²) in [6.07, 6.45) is 5.11. The first-order valence-electron chi connectivity index (χ1n) is 4.72. The minimum Gasteiger partial charge on any atom is -0.316 e. The molecule has 0 fully saturated rings. The largest absolute Gasteiger partial charge is 0.316 e. The van der Waals surface area contributed by atoms with Gasteiger partial charge in [-0.3, -0.25) is 5.32 Å². The highest BCUT2D eigenvalue weighted by atomic mass is 15.0. The van der Waals surface area contributed by atoms with Gasteiger partial charge in [0.1, 0.15) is 0 Å². The summed E-state index contributed by atoms with van der Waals surface area (Å²) in [5.41, 5.74) is 5.64. The van der Waals surface area contributed by atoms with Crippen molar-refractivity contribution >= 4 is 0 Å². The van der Waals surface area contributed by atoms with Crippen LogP contribution in [0.3, 0.4) is 0 Å². The summed E-state index contributed by atoms with van der Waals surface area (Å²) in [5, 5.41) is 3.36. The third-order valence-electron chi connectivity index (χ3n) is 1.77. The van der Waals surface area contributed by atoms with Crippen LogP contribution in [0.15, 0.2) is 0 Å². The molecule has 0 rings (SSSR count). The molecule has 68 valence electrons. The van der Waals surface area contributed by atoms with Crippen LogP contribution in [-0.4, -0.2) is 12.2 Å². The van der Waals surface area contributed by atoms with Gasteiger partial charge in [-0.15, -0.1) is 0 Å². The topological polar surface area (TPSA) is 38.0 Å². The lowest BCUT2D eigenvalue weighted by atomic mass is 10.1. The smallest absolute Gasteiger partial charge is 0.0519 e. The molecule has 11 heavy (non-hydrogen) atoms. The van der Waals surface area contributed by atoms with Crippen LogP contribution in [0.5, 0.6) is 0 Å². The van der Waals surface area contributed by atoms with Gasteiger partial charge in [0.05, 0.1) is 6.17 Å². The number of nitrogens with two attached hydrogens (primary N) is 1. The highest BCUT2D eigenvalue weighted by Gasteiger charge is 2.06. The molecule has 0 saturated carbocycles. The lowest BCUT2D eigenvalue weighted by Gasteiger charge is -2.19. The molecule has 0 radical (unpaired) electrons. The summed E-state index contributed by atoms with van der Waals surface area (Å²) in [7, 11) is 0. The summed E-state index contributed by atoms with van der Waals surface area (Å²) in [5.74, 6) is 0. The Balaban J connectivity index is 3.50. The van der Waals surface area contributed by atoms with Gasteiger partial charge < -0.3 is 5.73 Å². The van der Waals surface area contributed by atoms with E-state index in [1.807, 2.05) is 6.92 Å². The van der Waals surface area contributed by atoms with Crippen molar-refractivity contribution in [2.75, 3.05) is 0 Å². The van der Waals surface area contributed by atoms with Crippen LogP contribution in [0.2, 0.25) is 0 Å². The first kappa shape index (κ1) is 10.9. The van der Waals surface area contributed by atoms with E-state index in [2.05, 4.69) is 19.2 Å². The van der Waals surface area contributed by atoms with Gasteiger partial charge in [0.2, 0.25) is 0 Å². The Hall–Kier alpha value is -0.0800. The van der Waals surface area contributed by atoms with E-state index in [0.717, 1.165) is 0 Å². The molecule has 0 aliphatic carbocycles. The predicted molar refractivity (Wildman–Crippen MR) is 50.4 cm³/mol. The Morgan fingerprint density at radius 3 is 1.91 bits per heavy atom. The van der Waals surface area contributed by atoms with Crippen LogP contribution >= 0.6 is 0 Å². The molecule has 2 heteroatoms. The number of nitrogens with one attached hydrogen (secondary N) is 1. The van der Waals surface area contributed by atoms with Gasteiger partial charge in [-0.1, -0.05) is 26.7 Å². The van der Waals surface area contributed by atoms with Crippen molar-refractivity contribution in [2.24, 2.45) is 5.73 Å². The van der Waals surface area contributed by atoms with E-state index in [4.69, 9.17) is 5.73 Å². The fraction of sp³-hybridized carbons (Fsp3) is 1.00. The van der Waals surface area contributed by atoms with Gasteiger partial charge in [-0.05, 0) is 19.8 Å². The van der Waals surface area contributed by atoms with Gasteiger partial charge in [0.15, 0.2) is 0 Å². The molecule has 0 aliphatic heterocycles. The summed E-state index contributed by atoms with van der Waals surface area (Å²) in [6.45, 7) is 6.43. The van der Waals surface area contributed by atoms with Crippen LogP contribution in [0.25, 0.3) is 0 Å². The molecule has 0 spiro atoms. The lowest BCUT2D eigenvalue weighted by molar-refractivity contribution is 0.402. The van der Waals surface area contributed by atoms with E-state index in [1.165, 1.54) is 25.7 Å². The highest BCUT2D eigenvalue weighted by Crippen LogP contribution is 2.04. The fourth-order valence-corrected chi connectivity index (χ4v) is 1.38. The zero-order valence-electron chi connectivity index (χ0n) is 8.06. The molecular weight excluding hydrogens is 136 g/mol. The summed E-state index contributed by atoms with van der Waals surface area (Å²) < 4.78 is 0. The van der Waals surface area contributed by atoms with Gasteiger partial charge in [-0.2, -0.15) is 0 Å². The quantitative estimate of drug-likeness (QED) is 0.579. The number of rotatable bonds is 6. The van der Waals surface area contributed by atoms with Crippen LogP contribution < -0.4 is 11.1 Å². The van der Waals surface area contributed by atoms with Crippen molar-refractivity contribution in [3.05, 3.63) is 0 Å². The third-order valence-corrected chi connectivity index (χ3v) is 1.77.